The van der Waals surface area contributed by atoms with Gasteiger partial charge in [0.05, 0.1) is 19.6 Å². The summed E-state index contributed by atoms with van der Waals surface area (Å²) in [6, 6.07) is 6.48. The Morgan fingerprint density at radius 1 is 1.19 bits per heavy atom. The second kappa shape index (κ2) is 11.2. The van der Waals surface area contributed by atoms with Crippen LogP contribution < -0.4 is 10.1 Å². The van der Waals surface area contributed by atoms with E-state index in [1.54, 1.807) is 12.1 Å². The zero-order valence-electron chi connectivity index (χ0n) is 16.1. The monoisotopic (exact) mass is 384 g/mol. The van der Waals surface area contributed by atoms with Gasteiger partial charge in [0.2, 0.25) is 5.91 Å². The summed E-state index contributed by atoms with van der Waals surface area (Å²) in [4.78, 5) is 14.8. The predicted octanol–water partition coefficient (Wildman–Crippen LogP) is 3.08. The van der Waals surface area contributed by atoms with Crippen LogP contribution in [0.15, 0.2) is 24.3 Å². The first-order valence-electron chi connectivity index (χ1n) is 9.65. The van der Waals surface area contributed by atoms with Gasteiger partial charge in [-0.15, -0.1) is 0 Å². The third-order valence-electron chi connectivity index (χ3n) is 5.13. The molecule has 1 aromatic carbocycles. The van der Waals surface area contributed by atoms with Gasteiger partial charge in [-0.25, -0.2) is 0 Å². The zero-order chi connectivity index (χ0) is 19.6. The van der Waals surface area contributed by atoms with Crippen molar-refractivity contribution in [1.29, 1.82) is 0 Å². The Hall–Kier alpha value is -1.73. The van der Waals surface area contributed by atoms with E-state index in [1.165, 1.54) is 12.1 Å². The molecule has 0 saturated carbocycles. The van der Waals surface area contributed by atoms with Crippen molar-refractivity contribution in [1.82, 2.24) is 10.2 Å². The molecule has 0 bridgehead atoms. The highest BCUT2D eigenvalue weighted by Gasteiger charge is 2.27. The molecule has 27 heavy (non-hydrogen) atoms. The second-order valence-electron chi connectivity index (χ2n) is 6.80. The van der Waals surface area contributed by atoms with Gasteiger partial charge < -0.3 is 14.8 Å². The number of nitrogens with one attached hydrogen (secondary N) is 1. The quantitative estimate of drug-likeness (QED) is 0.674. The average Bonchev–Trinajstić information content (AvgIpc) is 2.67. The van der Waals surface area contributed by atoms with Crippen molar-refractivity contribution in [3.8, 4) is 5.75 Å². The number of nitrogens with zero attached hydrogens (tertiary/aromatic N) is 1. The maximum atomic E-state index is 12.4. The van der Waals surface area contributed by atoms with Crippen molar-refractivity contribution in [3.63, 3.8) is 0 Å². The number of halogens is 2. The number of amides is 1. The van der Waals surface area contributed by atoms with Crippen molar-refractivity contribution >= 4 is 5.91 Å². The van der Waals surface area contributed by atoms with Crippen LogP contribution in [0.5, 0.6) is 5.75 Å². The highest BCUT2D eigenvalue weighted by atomic mass is 19.3. The van der Waals surface area contributed by atoms with E-state index in [0.717, 1.165) is 44.7 Å². The fourth-order valence-corrected chi connectivity index (χ4v) is 3.59. The van der Waals surface area contributed by atoms with Crippen LogP contribution in [0.25, 0.3) is 0 Å². The standard InChI is InChI=1S/C20H30F2N2O3/c1-3-16(4-2)18(24-9-11-26-12-10-24)14-23-19(25)13-15-5-7-17(8-6-15)27-20(21)22/h5-8,16,18,20H,3-4,9-14H2,1-2H3,(H,23,25). The molecule has 1 saturated heterocycles. The van der Waals surface area contributed by atoms with E-state index in [9.17, 15) is 13.6 Å². The van der Waals surface area contributed by atoms with E-state index in [4.69, 9.17) is 4.74 Å². The highest BCUT2D eigenvalue weighted by molar-refractivity contribution is 5.78. The lowest BCUT2D eigenvalue weighted by molar-refractivity contribution is -0.121. The molecule has 1 atom stereocenters. The first-order chi connectivity index (χ1) is 13.0. The molecule has 0 radical (unpaired) electrons. The Morgan fingerprint density at radius 3 is 2.37 bits per heavy atom. The third kappa shape index (κ3) is 7.07. The van der Waals surface area contributed by atoms with E-state index in [1.807, 2.05) is 0 Å². The molecule has 1 heterocycles. The Morgan fingerprint density at radius 2 is 1.81 bits per heavy atom. The summed E-state index contributed by atoms with van der Waals surface area (Å²) < 4.78 is 34.1. The van der Waals surface area contributed by atoms with Gasteiger partial charge in [-0.2, -0.15) is 8.78 Å². The number of ether oxygens (including phenoxy) is 2. The second-order valence-corrected chi connectivity index (χ2v) is 6.80. The number of hydrogen-bond donors (Lipinski definition) is 1. The minimum atomic E-state index is -2.85. The molecule has 1 aliphatic rings. The minimum Gasteiger partial charge on any atom is -0.435 e. The fraction of sp³-hybridized carbons (Fsp3) is 0.650. The van der Waals surface area contributed by atoms with Gasteiger partial charge in [-0.1, -0.05) is 38.8 Å². The molecular weight excluding hydrogens is 354 g/mol. The van der Waals surface area contributed by atoms with Crippen molar-refractivity contribution in [2.75, 3.05) is 32.8 Å². The van der Waals surface area contributed by atoms with E-state index in [0.29, 0.717) is 18.5 Å². The largest absolute Gasteiger partial charge is 0.435 e. The number of rotatable bonds is 10. The molecule has 0 spiro atoms. The molecule has 1 aromatic rings. The highest BCUT2D eigenvalue weighted by Crippen LogP contribution is 2.20. The number of carbonyl (C=O) groups excluding carboxylic acids is 1. The van der Waals surface area contributed by atoms with Gasteiger partial charge in [0.1, 0.15) is 5.75 Å². The van der Waals surface area contributed by atoms with E-state index >= 15 is 0 Å². The maximum Gasteiger partial charge on any atom is 0.387 e. The molecule has 1 N–H and O–H groups in total. The van der Waals surface area contributed by atoms with Crippen LogP contribution in [0, 0.1) is 5.92 Å². The molecule has 5 nitrogen and oxygen atoms in total. The van der Waals surface area contributed by atoms with Crippen molar-refractivity contribution in [2.24, 2.45) is 5.92 Å². The summed E-state index contributed by atoms with van der Waals surface area (Å²) in [6.45, 7) is 5.39. The zero-order valence-corrected chi connectivity index (χ0v) is 16.1. The van der Waals surface area contributed by atoms with Crippen LogP contribution in [0.4, 0.5) is 8.78 Å². The van der Waals surface area contributed by atoms with Crippen molar-refractivity contribution in [2.45, 2.75) is 45.8 Å². The Balaban J connectivity index is 1.88. The molecule has 1 aliphatic heterocycles. The van der Waals surface area contributed by atoms with Crippen LogP contribution in [-0.4, -0.2) is 56.3 Å². The summed E-state index contributed by atoms with van der Waals surface area (Å²) in [5, 5.41) is 3.05. The molecular formula is C20H30F2N2O3. The van der Waals surface area contributed by atoms with Crippen LogP contribution in [0.1, 0.15) is 32.3 Å². The lowest BCUT2D eigenvalue weighted by atomic mass is 9.92. The summed E-state index contributed by atoms with van der Waals surface area (Å²) in [6.07, 6.45) is 2.35. The normalized spacial score (nSPS) is 16.5. The molecule has 1 amide bonds. The number of benzene rings is 1. The van der Waals surface area contributed by atoms with E-state index < -0.39 is 6.61 Å². The molecule has 152 valence electrons. The van der Waals surface area contributed by atoms with Gasteiger partial charge >= 0.3 is 6.61 Å². The van der Waals surface area contributed by atoms with Gasteiger partial charge in [-0.3, -0.25) is 9.69 Å². The molecule has 1 unspecified atom stereocenters. The fourth-order valence-electron chi connectivity index (χ4n) is 3.59. The average molecular weight is 384 g/mol. The lowest BCUT2D eigenvalue weighted by Gasteiger charge is -2.38. The van der Waals surface area contributed by atoms with Crippen molar-refractivity contribution < 1.29 is 23.0 Å². The number of hydrogen-bond acceptors (Lipinski definition) is 4. The van der Waals surface area contributed by atoms with Crippen molar-refractivity contribution in [3.05, 3.63) is 29.8 Å². The molecule has 2 rings (SSSR count). The van der Waals surface area contributed by atoms with Crippen LogP contribution >= 0.6 is 0 Å². The Labute approximate surface area is 160 Å². The smallest absolute Gasteiger partial charge is 0.387 e. The number of morpholine rings is 1. The molecule has 0 aliphatic carbocycles. The van der Waals surface area contributed by atoms with Crippen LogP contribution in [0.2, 0.25) is 0 Å². The first-order valence-corrected chi connectivity index (χ1v) is 9.65. The van der Waals surface area contributed by atoms with E-state index in [-0.39, 0.29) is 18.1 Å². The summed E-state index contributed by atoms with van der Waals surface area (Å²) in [5.41, 5.74) is 0.763. The van der Waals surface area contributed by atoms with E-state index in [2.05, 4.69) is 28.8 Å². The SMILES string of the molecule is CCC(CC)C(CNC(=O)Cc1ccc(OC(F)F)cc1)N1CCOCC1. The Kier molecular flexibility index (Phi) is 8.94. The Bertz CT molecular complexity index is 559. The van der Waals surface area contributed by atoms with Gasteiger partial charge in [0.25, 0.3) is 0 Å². The summed E-state index contributed by atoms with van der Waals surface area (Å²) >= 11 is 0. The summed E-state index contributed by atoms with van der Waals surface area (Å²) in [5.74, 6) is 0.547. The lowest BCUT2D eigenvalue weighted by Crippen LogP contribution is -2.52. The van der Waals surface area contributed by atoms with Crippen LogP contribution in [-0.2, 0) is 16.0 Å². The van der Waals surface area contributed by atoms with Gasteiger partial charge in [0, 0.05) is 25.7 Å². The maximum absolute atomic E-state index is 12.4. The predicted molar refractivity (Wildman–Crippen MR) is 100 cm³/mol. The minimum absolute atomic E-state index is 0.0678. The molecule has 7 heteroatoms. The number of carbonyl (C=O) groups is 1. The molecule has 0 aromatic heterocycles. The number of alkyl halides is 2. The topological polar surface area (TPSA) is 50.8 Å². The first kappa shape index (κ1) is 21.6. The van der Waals surface area contributed by atoms with Gasteiger partial charge in [-0.05, 0) is 23.6 Å². The molecule has 1 fully saturated rings. The van der Waals surface area contributed by atoms with Crippen LogP contribution in [0.3, 0.4) is 0 Å². The third-order valence-corrected chi connectivity index (χ3v) is 5.13. The summed E-state index contributed by atoms with van der Waals surface area (Å²) in [7, 11) is 0. The van der Waals surface area contributed by atoms with Gasteiger partial charge in [0.15, 0.2) is 0 Å².